The smallest absolute Gasteiger partial charge is 0.186 e. The van der Waals surface area contributed by atoms with E-state index in [1.54, 1.807) is 17.5 Å². The quantitative estimate of drug-likeness (QED) is 0.782. The van der Waals surface area contributed by atoms with Gasteiger partial charge in [0.2, 0.25) is 0 Å². The third kappa shape index (κ3) is 2.20. The molecule has 0 aliphatic heterocycles. The van der Waals surface area contributed by atoms with Gasteiger partial charge in [0.1, 0.15) is 0 Å². The van der Waals surface area contributed by atoms with E-state index in [1.807, 2.05) is 0 Å². The van der Waals surface area contributed by atoms with E-state index in [4.69, 9.17) is 0 Å². The van der Waals surface area contributed by atoms with Crippen molar-refractivity contribution in [1.82, 2.24) is 4.98 Å². The van der Waals surface area contributed by atoms with E-state index in [2.05, 4.69) is 32.7 Å². The number of aromatic nitrogens is 1. The van der Waals surface area contributed by atoms with Crippen molar-refractivity contribution in [2.45, 2.75) is 0 Å². The summed E-state index contributed by atoms with van der Waals surface area (Å²) in [7, 11) is 0.726. The lowest BCUT2D eigenvalue weighted by Gasteiger charge is -1.91. The zero-order chi connectivity index (χ0) is 6.69. The molecule has 0 saturated carbocycles. The van der Waals surface area contributed by atoms with Gasteiger partial charge < -0.3 is 5.09 Å². The average Bonchev–Trinajstić information content (AvgIpc) is 2.17. The second-order valence-electron chi connectivity index (χ2n) is 1.34. The molecule has 2 nitrogen and oxygen atoms in total. The number of halogens is 1. The van der Waals surface area contributed by atoms with Crippen LogP contribution < -0.4 is 5.09 Å². The molecule has 1 rings (SSSR count). The molecule has 50 valence electrons. The van der Waals surface area contributed by atoms with Crippen LogP contribution in [-0.2, 0) is 0 Å². The first-order valence-electron chi connectivity index (χ1n) is 2.37. The van der Waals surface area contributed by atoms with E-state index in [9.17, 15) is 0 Å². The first-order chi connectivity index (χ1) is 4.33. The van der Waals surface area contributed by atoms with Crippen molar-refractivity contribution in [3.8, 4) is 0 Å². The van der Waals surface area contributed by atoms with Gasteiger partial charge in [0.15, 0.2) is 5.13 Å². The molecule has 1 aromatic heterocycles. The maximum Gasteiger partial charge on any atom is 0.186 e. The van der Waals surface area contributed by atoms with Crippen LogP contribution in [0.3, 0.4) is 0 Å². The topological polar surface area (TPSA) is 24.9 Å². The molecular formula is C4H6BrN2PS. The molecule has 1 aromatic rings. The molecule has 1 heterocycles. The summed E-state index contributed by atoms with van der Waals surface area (Å²) in [5, 5.41) is 4.12. The minimum atomic E-state index is 0.726. The largest absolute Gasteiger partial charge is 0.344 e. The number of anilines is 1. The highest BCUT2D eigenvalue weighted by atomic mass is 79.9. The van der Waals surface area contributed by atoms with Gasteiger partial charge in [-0.05, 0) is 31.3 Å². The maximum absolute atomic E-state index is 4.07. The van der Waals surface area contributed by atoms with Crippen LogP contribution in [0.2, 0.25) is 0 Å². The SMILES string of the molecule is CPNc1ncc(Br)s1. The summed E-state index contributed by atoms with van der Waals surface area (Å²) in [5.74, 6) is 0. The van der Waals surface area contributed by atoms with Gasteiger partial charge in [0, 0.05) is 0 Å². The highest BCUT2D eigenvalue weighted by molar-refractivity contribution is 9.11. The van der Waals surface area contributed by atoms with Gasteiger partial charge in [-0.25, -0.2) is 4.98 Å². The van der Waals surface area contributed by atoms with Crippen molar-refractivity contribution in [1.29, 1.82) is 0 Å². The predicted molar refractivity (Wildman–Crippen MR) is 47.7 cm³/mol. The van der Waals surface area contributed by atoms with Crippen molar-refractivity contribution in [2.24, 2.45) is 0 Å². The molecule has 0 radical (unpaired) electrons. The fraction of sp³-hybridized carbons (Fsp3) is 0.250. The summed E-state index contributed by atoms with van der Waals surface area (Å²) >= 11 is 4.93. The molecule has 0 bridgehead atoms. The van der Waals surface area contributed by atoms with Crippen LogP contribution in [-0.4, -0.2) is 11.6 Å². The lowest BCUT2D eigenvalue weighted by molar-refractivity contribution is 1.42. The molecule has 0 aliphatic carbocycles. The molecular weight excluding hydrogens is 219 g/mol. The van der Waals surface area contributed by atoms with E-state index < -0.39 is 0 Å². The summed E-state index contributed by atoms with van der Waals surface area (Å²) in [6.07, 6.45) is 1.80. The Hall–Kier alpha value is 0.340. The van der Waals surface area contributed by atoms with Crippen LogP contribution in [0.15, 0.2) is 9.98 Å². The zero-order valence-electron chi connectivity index (χ0n) is 4.81. The van der Waals surface area contributed by atoms with Gasteiger partial charge in [0.05, 0.1) is 9.98 Å². The normalized spacial score (nSPS) is 10.9. The first-order valence-corrected chi connectivity index (χ1v) is 5.48. The summed E-state index contributed by atoms with van der Waals surface area (Å²) in [6, 6.07) is 0. The Morgan fingerprint density at radius 3 is 3.11 bits per heavy atom. The van der Waals surface area contributed by atoms with E-state index in [0.717, 1.165) is 17.6 Å². The Bertz CT molecular complexity index is 190. The fourth-order valence-corrected chi connectivity index (χ4v) is 2.17. The molecule has 0 spiro atoms. The van der Waals surface area contributed by atoms with Gasteiger partial charge in [-0.1, -0.05) is 11.3 Å². The fourth-order valence-electron chi connectivity index (χ4n) is 0.419. The van der Waals surface area contributed by atoms with Gasteiger partial charge in [-0.3, -0.25) is 0 Å². The Balaban J connectivity index is 2.61. The minimum absolute atomic E-state index is 0.726. The van der Waals surface area contributed by atoms with Crippen LogP contribution in [0, 0.1) is 0 Å². The molecule has 1 atom stereocenters. The molecule has 5 heteroatoms. The number of nitrogens with one attached hydrogen (secondary N) is 1. The minimum Gasteiger partial charge on any atom is -0.344 e. The van der Waals surface area contributed by atoms with Gasteiger partial charge in [-0.2, -0.15) is 0 Å². The molecule has 0 aliphatic rings. The standard InChI is InChI=1S/C4H6BrN2PS/c1-8-7-4-6-2-3(5)9-4/h2,8H,1H3,(H,6,7). The molecule has 0 fully saturated rings. The summed E-state index contributed by atoms with van der Waals surface area (Å²) in [6.45, 7) is 2.08. The molecule has 1 N–H and O–H groups in total. The Kier molecular flexibility index (Phi) is 2.89. The van der Waals surface area contributed by atoms with Crippen molar-refractivity contribution >= 4 is 41.1 Å². The van der Waals surface area contributed by atoms with Crippen molar-refractivity contribution in [2.75, 3.05) is 11.8 Å². The summed E-state index contributed by atoms with van der Waals surface area (Å²) < 4.78 is 1.07. The molecule has 9 heavy (non-hydrogen) atoms. The van der Waals surface area contributed by atoms with Crippen LogP contribution >= 0.6 is 36.0 Å². The summed E-state index contributed by atoms with van der Waals surface area (Å²) in [5.41, 5.74) is 0. The predicted octanol–water partition coefficient (Wildman–Crippen LogP) is 2.54. The number of hydrogen-bond donors (Lipinski definition) is 1. The third-order valence-corrected chi connectivity index (χ3v) is 2.77. The van der Waals surface area contributed by atoms with Gasteiger partial charge in [0.25, 0.3) is 0 Å². The summed E-state index contributed by atoms with van der Waals surface area (Å²) in [4.78, 5) is 4.07. The van der Waals surface area contributed by atoms with E-state index in [0.29, 0.717) is 0 Å². The van der Waals surface area contributed by atoms with E-state index in [-0.39, 0.29) is 0 Å². The van der Waals surface area contributed by atoms with E-state index in [1.165, 1.54) is 0 Å². The Labute approximate surface area is 68.0 Å². The van der Waals surface area contributed by atoms with E-state index >= 15 is 0 Å². The Morgan fingerprint density at radius 2 is 2.67 bits per heavy atom. The van der Waals surface area contributed by atoms with Crippen LogP contribution in [0.5, 0.6) is 0 Å². The van der Waals surface area contributed by atoms with Crippen molar-refractivity contribution in [3.63, 3.8) is 0 Å². The molecule has 0 aromatic carbocycles. The number of nitrogens with zero attached hydrogens (tertiary/aromatic N) is 1. The van der Waals surface area contributed by atoms with Crippen LogP contribution in [0.25, 0.3) is 0 Å². The second kappa shape index (κ2) is 3.49. The third-order valence-electron chi connectivity index (χ3n) is 0.709. The lowest BCUT2D eigenvalue weighted by atomic mass is 11.0. The highest BCUT2D eigenvalue weighted by Crippen LogP contribution is 2.25. The lowest BCUT2D eigenvalue weighted by Crippen LogP contribution is -1.77. The highest BCUT2D eigenvalue weighted by Gasteiger charge is 1.94. The molecule has 0 saturated heterocycles. The average molecular weight is 225 g/mol. The second-order valence-corrected chi connectivity index (χ2v) is 4.50. The van der Waals surface area contributed by atoms with Gasteiger partial charge >= 0.3 is 0 Å². The van der Waals surface area contributed by atoms with Gasteiger partial charge in [-0.15, -0.1) is 0 Å². The van der Waals surface area contributed by atoms with Crippen LogP contribution in [0.1, 0.15) is 0 Å². The number of hydrogen-bond acceptors (Lipinski definition) is 3. The molecule has 0 amide bonds. The maximum atomic E-state index is 4.07. The zero-order valence-corrected chi connectivity index (χ0v) is 8.21. The Morgan fingerprint density at radius 1 is 1.89 bits per heavy atom. The number of rotatable bonds is 2. The number of thiazole rings is 1. The van der Waals surface area contributed by atoms with Crippen molar-refractivity contribution in [3.05, 3.63) is 9.98 Å². The van der Waals surface area contributed by atoms with Crippen molar-refractivity contribution < 1.29 is 0 Å². The molecule has 1 unspecified atom stereocenters. The first kappa shape index (κ1) is 7.45. The monoisotopic (exact) mass is 224 g/mol. The van der Waals surface area contributed by atoms with Crippen LogP contribution in [0.4, 0.5) is 5.13 Å².